The van der Waals surface area contributed by atoms with Crippen molar-refractivity contribution in [1.82, 2.24) is 9.55 Å². The second kappa shape index (κ2) is 6.71. The summed E-state index contributed by atoms with van der Waals surface area (Å²) in [5.41, 5.74) is 8.56. The van der Waals surface area contributed by atoms with Gasteiger partial charge in [-0.25, -0.2) is 4.98 Å². The first-order valence-corrected chi connectivity index (χ1v) is 7.39. The van der Waals surface area contributed by atoms with Crippen LogP contribution in [-0.4, -0.2) is 16.1 Å². The molecule has 2 atom stereocenters. The Morgan fingerprint density at radius 1 is 1.15 bits per heavy atom. The van der Waals surface area contributed by atoms with Crippen molar-refractivity contribution in [3.05, 3.63) is 54.1 Å². The van der Waals surface area contributed by atoms with E-state index in [9.17, 15) is 0 Å². The fourth-order valence-corrected chi connectivity index (χ4v) is 2.76. The van der Waals surface area contributed by atoms with Crippen molar-refractivity contribution in [2.75, 3.05) is 6.54 Å². The van der Waals surface area contributed by atoms with Gasteiger partial charge in [-0.2, -0.15) is 0 Å². The molecule has 2 aromatic rings. The Hall–Kier alpha value is -1.61. The highest BCUT2D eigenvalue weighted by atomic mass is 15.1. The molecule has 0 aliphatic rings. The van der Waals surface area contributed by atoms with Gasteiger partial charge in [-0.3, -0.25) is 0 Å². The highest BCUT2D eigenvalue weighted by molar-refractivity contribution is 5.17. The maximum absolute atomic E-state index is 5.95. The Balaban J connectivity index is 2.19. The molecule has 0 spiro atoms. The van der Waals surface area contributed by atoms with Crippen LogP contribution in [0.2, 0.25) is 0 Å². The molecule has 0 fully saturated rings. The summed E-state index contributed by atoms with van der Waals surface area (Å²) in [6, 6.07) is 11.0. The summed E-state index contributed by atoms with van der Waals surface area (Å²) in [7, 11) is 0. The zero-order valence-corrected chi connectivity index (χ0v) is 12.7. The molecule has 20 heavy (non-hydrogen) atoms. The van der Waals surface area contributed by atoms with Crippen LogP contribution in [0.15, 0.2) is 42.9 Å². The van der Waals surface area contributed by atoms with Crippen LogP contribution in [0, 0.1) is 5.92 Å². The third-order valence-corrected chi connectivity index (χ3v) is 3.98. The van der Waals surface area contributed by atoms with Crippen molar-refractivity contribution in [3.63, 3.8) is 0 Å². The number of rotatable bonds is 6. The van der Waals surface area contributed by atoms with Crippen molar-refractivity contribution in [3.8, 4) is 0 Å². The minimum atomic E-state index is 0.371. The Morgan fingerprint density at radius 2 is 1.85 bits per heavy atom. The lowest BCUT2D eigenvalue weighted by atomic mass is 9.92. The lowest BCUT2D eigenvalue weighted by Crippen LogP contribution is -2.22. The number of aromatic nitrogens is 2. The monoisotopic (exact) mass is 271 g/mol. The Kier molecular flexibility index (Phi) is 4.96. The van der Waals surface area contributed by atoms with Crippen LogP contribution < -0.4 is 5.73 Å². The molecule has 1 aromatic heterocycles. The molecular formula is C17H25N3. The molecule has 2 unspecified atom stereocenters. The molecule has 1 aromatic carbocycles. The highest BCUT2D eigenvalue weighted by Gasteiger charge is 2.20. The number of hydrogen-bond acceptors (Lipinski definition) is 2. The summed E-state index contributed by atoms with van der Waals surface area (Å²) in [6.07, 6.45) is 4.92. The summed E-state index contributed by atoms with van der Waals surface area (Å²) >= 11 is 0. The van der Waals surface area contributed by atoms with Crippen LogP contribution in [0.5, 0.6) is 0 Å². The van der Waals surface area contributed by atoms with Gasteiger partial charge < -0.3 is 10.3 Å². The van der Waals surface area contributed by atoms with Crippen molar-refractivity contribution in [2.24, 2.45) is 11.7 Å². The molecule has 3 heteroatoms. The molecule has 0 aliphatic carbocycles. The molecule has 0 radical (unpaired) electrons. The van der Waals surface area contributed by atoms with Gasteiger partial charge in [0, 0.05) is 30.4 Å². The van der Waals surface area contributed by atoms with Gasteiger partial charge in [0.05, 0.1) is 6.33 Å². The molecule has 1 heterocycles. The Morgan fingerprint density at radius 3 is 2.45 bits per heavy atom. The first kappa shape index (κ1) is 14.8. The summed E-state index contributed by atoms with van der Waals surface area (Å²) in [5.74, 6) is 0.898. The fraction of sp³-hybridized carbons (Fsp3) is 0.471. The van der Waals surface area contributed by atoms with Gasteiger partial charge in [0.25, 0.3) is 0 Å². The maximum Gasteiger partial charge on any atom is 0.0950 e. The topological polar surface area (TPSA) is 43.8 Å². The van der Waals surface area contributed by atoms with Crippen LogP contribution in [0.4, 0.5) is 0 Å². The standard InChI is InChI=1S/C17H25N3/c1-13(2)16(10-18)17-11-19-12-20(17)14(3)9-15-7-5-4-6-8-15/h4-8,11-14,16H,9-10,18H2,1-3H3. The predicted octanol–water partition coefficient (Wildman–Crippen LogP) is 3.39. The number of hydrogen-bond donors (Lipinski definition) is 1. The van der Waals surface area contributed by atoms with Gasteiger partial charge in [-0.15, -0.1) is 0 Å². The van der Waals surface area contributed by atoms with Crippen LogP contribution in [-0.2, 0) is 6.42 Å². The SMILES string of the molecule is CC(C)C(CN)c1cncn1C(C)Cc1ccccc1. The van der Waals surface area contributed by atoms with Gasteiger partial charge >= 0.3 is 0 Å². The van der Waals surface area contributed by atoms with Crippen LogP contribution in [0.25, 0.3) is 0 Å². The van der Waals surface area contributed by atoms with Crippen molar-refractivity contribution in [2.45, 2.75) is 39.2 Å². The minimum absolute atomic E-state index is 0.371. The average molecular weight is 271 g/mol. The summed E-state index contributed by atoms with van der Waals surface area (Å²) in [4.78, 5) is 4.34. The lowest BCUT2D eigenvalue weighted by Gasteiger charge is -2.24. The number of imidazole rings is 1. The van der Waals surface area contributed by atoms with Crippen LogP contribution >= 0.6 is 0 Å². The maximum atomic E-state index is 5.95. The molecule has 0 bridgehead atoms. The van der Waals surface area contributed by atoms with Crippen molar-refractivity contribution in [1.29, 1.82) is 0 Å². The number of nitrogens with zero attached hydrogens (tertiary/aromatic N) is 2. The fourth-order valence-electron chi connectivity index (χ4n) is 2.76. The normalized spacial score (nSPS) is 14.4. The van der Waals surface area contributed by atoms with E-state index in [4.69, 9.17) is 5.73 Å². The molecule has 0 aliphatic heterocycles. The van der Waals surface area contributed by atoms with E-state index < -0.39 is 0 Å². The van der Waals surface area contributed by atoms with Gasteiger partial charge in [-0.1, -0.05) is 44.2 Å². The van der Waals surface area contributed by atoms with Gasteiger partial charge in [0.1, 0.15) is 0 Å². The average Bonchev–Trinajstić information content (AvgIpc) is 2.89. The Labute approximate surface area is 121 Å². The largest absolute Gasteiger partial charge is 0.331 e. The molecule has 0 saturated carbocycles. The first-order valence-electron chi connectivity index (χ1n) is 7.39. The zero-order chi connectivity index (χ0) is 14.5. The van der Waals surface area contributed by atoms with E-state index in [1.807, 2.05) is 12.5 Å². The summed E-state index contributed by atoms with van der Waals surface area (Å²) < 4.78 is 2.28. The first-order chi connectivity index (χ1) is 9.63. The predicted molar refractivity (Wildman–Crippen MR) is 83.7 cm³/mol. The third kappa shape index (κ3) is 3.28. The van der Waals surface area contributed by atoms with Crippen molar-refractivity contribution < 1.29 is 0 Å². The van der Waals surface area contributed by atoms with Crippen LogP contribution in [0.3, 0.4) is 0 Å². The van der Waals surface area contributed by atoms with E-state index in [2.05, 4.69) is 60.7 Å². The molecule has 0 amide bonds. The summed E-state index contributed by atoms with van der Waals surface area (Å²) in [5, 5.41) is 0. The summed E-state index contributed by atoms with van der Waals surface area (Å²) in [6.45, 7) is 7.35. The Bertz CT molecular complexity index is 516. The van der Waals surface area contributed by atoms with Gasteiger partial charge in [0.15, 0.2) is 0 Å². The zero-order valence-electron chi connectivity index (χ0n) is 12.7. The highest BCUT2D eigenvalue weighted by Crippen LogP contribution is 2.26. The van der Waals surface area contributed by atoms with Gasteiger partial charge in [0.2, 0.25) is 0 Å². The molecule has 108 valence electrons. The van der Waals surface area contributed by atoms with E-state index >= 15 is 0 Å². The minimum Gasteiger partial charge on any atom is -0.331 e. The molecule has 0 saturated heterocycles. The lowest BCUT2D eigenvalue weighted by molar-refractivity contribution is 0.443. The number of nitrogens with two attached hydrogens (primary N) is 1. The van der Waals surface area contributed by atoms with Crippen molar-refractivity contribution >= 4 is 0 Å². The van der Waals surface area contributed by atoms with Gasteiger partial charge in [-0.05, 0) is 24.8 Å². The smallest absolute Gasteiger partial charge is 0.0950 e. The molecule has 2 N–H and O–H groups in total. The quantitative estimate of drug-likeness (QED) is 0.875. The van der Waals surface area contributed by atoms with E-state index in [1.165, 1.54) is 11.3 Å². The number of benzene rings is 1. The third-order valence-electron chi connectivity index (χ3n) is 3.98. The second-order valence-corrected chi connectivity index (χ2v) is 5.85. The van der Waals surface area contributed by atoms with E-state index in [1.54, 1.807) is 0 Å². The molecule has 2 rings (SSSR count). The van der Waals surface area contributed by atoms with Crippen LogP contribution in [0.1, 0.15) is 44.0 Å². The molecule has 3 nitrogen and oxygen atoms in total. The van der Waals surface area contributed by atoms with E-state index in [-0.39, 0.29) is 0 Å². The molecular weight excluding hydrogens is 246 g/mol. The van der Waals surface area contributed by atoms with E-state index in [0.29, 0.717) is 24.4 Å². The second-order valence-electron chi connectivity index (χ2n) is 5.85. The van der Waals surface area contributed by atoms with E-state index in [0.717, 1.165) is 6.42 Å².